The minimum absolute atomic E-state index is 0.0335. The maximum absolute atomic E-state index is 11.3. The summed E-state index contributed by atoms with van der Waals surface area (Å²) in [5.41, 5.74) is 20.2. The zero-order chi connectivity index (χ0) is 15.4. The van der Waals surface area contributed by atoms with Crippen LogP contribution in [-0.2, 0) is 4.79 Å². The summed E-state index contributed by atoms with van der Waals surface area (Å²) < 4.78 is 0. The molecule has 0 fully saturated rings. The summed E-state index contributed by atoms with van der Waals surface area (Å²) in [6.07, 6.45) is 0. The Labute approximate surface area is 118 Å². The van der Waals surface area contributed by atoms with Gasteiger partial charge < -0.3 is 22.5 Å². The van der Waals surface area contributed by atoms with Crippen molar-refractivity contribution in [2.24, 2.45) is 27.2 Å². The Morgan fingerprint density at radius 1 is 1.15 bits per heavy atom. The highest BCUT2D eigenvalue weighted by molar-refractivity contribution is 5.95. The van der Waals surface area contributed by atoms with Gasteiger partial charge in [0.25, 0.3) is 0 Å². The first-order chi connectivity index (χ1) is 9.22. The van der Waals surface area contributed by atoms with E-state index >= 15 is 0 Å². The van der Waals surface area contributed by atoms with Gasteiger partial charge in [-0.3, -0.25) is 4.79 Å². The zero-order valence-corrected chi connectivity index (χ0v) is 12.1. The molecule has 0 bridgehead atoms. The molecule has 0 saturated heterocycles. The van der Waals surface area contributed by atoms with Crippen molar-refractivity contribution in [3.8, 4) is 0 Å². The third-order valence-electron chi connectivity index (χ3n) is 2.70. The number of nitrogens with one attached hydrogen (secondary N) is 1. The van der Waals surface area contributed by atoms with E-state index in [-0.39, 0.29) is 17.8 Å². The van der Waals surface area contributed by atoms with Crippen molar-refractivity contribution in [1.82, 2.24) is 0 Å². The fourth-order valence-corrected chi connectivity index (χ4v) is 1.99. The molecule has 0 saturated carbocycles. The third-order valence-corrected chi connectivity index (χ3v) is 2.70. The summed E-state index contributed by atoms with van der Waals surface area (Å²) in [6.45, 7) is 7.12. The van der Waals surface area contributed by atoms with Gasteiger partial charge in [0.15, 0.2) is 5.96 Å². The van der Waals surface area contributed by atoms with Gasteiger partial charge in [-0.25, -0.2) is 4.99 Å². The van der Waals surface area contributed by atoms with Gasteiger partial charge in [0, 0.05) is 12.6 Å². The van der Waals surface area contributed by atoms with E-state index in [2.05, 4.69) is 15.3 Å². The van der Waals surface area contributed by atoms with E-state index in [1.165, 1.54) is 6.92 Å². The van der Waals surface area contributed by atoms with E-state index in [0.29, 0.717) is 5.69 Å². The summed E-state index contributed by atoms with van der Waals surface area (Å²) in [4.78, 5) is 19.1. The zero-order valence-electron chi connectivity index (χ0n) is 12.1. The van der Waals surface area contributed by atoms with Crippen LogP contribution in [0.4, 0.5) is 11.4 Å². The van der Waals surface area contributed by atoms with Gasteiger partial charge in [-0.2, -0.15) is 4.99 Å². The molecule has 0 aliphatic heterocycles. The maximum atomic E-state index is 11.3. The number of guanidine groups is 2. The van der Waals surface area contributed by atoms with Crippen LogP contribution in [0.3, 0.4) is 0 Å². The molecule has 0 aromatic heterocycles. The van der Waals surface area contributed by atoms with Crippen molar-refractivity contribution in [3.05, 3.63) is 22.8 Å². The lowest BCUT2D eigenvalue weighted by Crippen LogP contribution is -2.26. The maximum Gasteiger partial charge on any atom is 0.223 e. The normalized spacial score (nSPS) is 11.1. The van der Waals surface area contributed by atoms with Crippen LogP contribution in [0.1, 0.15) is 23.6 Å². The number of carbonyl (C=O) groups is 1. The van der Waals surface area contributed by atoms with Gasteiger partial charge in [0.1, 0.15) is 0 Å². The van der Waals surface area contributed by atoms with Crippen LogP contribution in [0, 0.1) is 20.8 Å². The number of carbonyl (C=O) groups excluding carboxylic acids is 1. The number of rotatable bonds is 2. The molecule has 0 aliphatic rings. The molecule has 1 rings (SSSR count). The Hall–Kier alpha value is -2.57. The minimum atomic E-state index is -0.157. The Morgan fingerprint density at radius 3 is 2.25 bits per heavy atom. The number of amides is 1. The molecule has 0 unspecified atom stereocenters. The van der Waals surface area contributed by atoms with Crippen molar-refractivity contribution in [2.75, 3.05) is 5.32 Å². The summed E-state index contributed by atoms with van der Waals surface area (Å²) in [5.74, 6) is -0.336. The molecule has 0 spiro atoms. The van der Waals surface area contributed by atoms with Crippen LogP contribution in [0.2, 0.25) is 0 Å². The van der Waals surface area contributed by atoms with Crippen molar-refractivity contribution < 1.29 is 4.79 Å². The van der Waals surface area contributed by atoms with Crippen molar-refractivity contribution in [1.29, 1.82) is 0 Å². The Kier molecular flexibility index (Phi) is 4.68. The van der Waals surface area contributed by atoms with Gasteiger partial charge in [-0.05, 0) is 37.5 Å². The van der Waals surface area contributed by atoms with Gasteiger partial charge >= 0.3 is 0 Å². The minimum Gasteiger partial charge on any atom is -0.370 e. The molecule has 0 heterocycles. The van der Waals surface area contributed by atoms with Crippen LogP contribution >= 0.6 is 0 Å². The number of nitrogens with zero attached hydrogens (tertiary/aromatic N) is 2. The fourth-order valence-electron chi connectivity index (χ4n) is 1.99. The largest absolute Gasteiger partial charge is 0.370 e. The lowest BCUT2D eigenvalue weighted by atomic mass is 10.0. The Morgan fingerprint density at radius 2 is 1.75 bits per heavy atom. The predicted octanol–water partition coefficient (Wildman–Crippen LogP) is 0.790. The average molecular weight is 276 g/mol. The smallest absolute Gasteiger partial charge is 0.223 e. The number of aryl methyl sites for hydroxylation is 2. The van der Waals surface area contributed by atoms with E-state index in [0.717, 1.165) is 22.4 Å². The number of nitrogens with two attached hydrogens (primary N) is 3. The number of hydrogen-bond acceptors (Lipinski definition) is 2. The third kappa shape index (κ3) is 3.71. The molecular formula is C13H20N6O. The number of hydrogen-bond donors (Lipinski definition) is 4. The lowest BCUT2D eigenvalue weighted by molar-refractivity contribution is -0.114. The highest BCUT2D eigenvalue weighted by Crippen LogP contribution is 2.33. The Balaban J connectivity index is 3.41. The highest BCUT2D eigenvalue weighted by atomic mass is 16.1. The molecule has 0 radical (unpaired) electrons. The molecular weight excluding hydrogens is 256 g/mol. The van der Waals surface area contributed by atoms with Gasteiger partial charge in [-0.15, -0.1) is 0 Å². The summed E-state index contributed by atoms with van der Waals surface area (Å²) >= 11 is 0. The first kappa shape index (κ1) is 15.5. The first-order valence-electron chi connectivity index (χ1n) is 6.04. The molecule has 7 N–H and O–H groups in total. The van der Waals surface area contributed by atoms with E-state index in [4.69, 9.17) is 17.2 Å². The number of benzene rings is 1. The van der Waals surface area contributed by atoms with Gasteiger partial charge in [-0.1, -0.05) is 6.07 Å². The standard InChI is InChI=1S/C13H20N6O/c1-6-5-7(2)11(18-13(16)19-12(14)15)8(3)10(6)17-9(4)20/h5H,1-4H3,(H,17,20)(H6,14,15,16,18,19). The summed E-state index contributed by atoms with van der Waals surface area (Å²) in [6, 6.07) is 1.92. The Bertz CT molecular complexity index is 599. The molecule has 1 amide bonds. The lowest BCUT2D eigenvalue weighted by Gasteiger charge is -2.15. The van der Waals surface area contributed by atoms with E-state index in [9.17, 15) is 4.79 Å². The number of aliphatic imine (C=N–C) groups is 2. The molecule has 1 aromatic rings. The summed E-state index contributed by atoms with van der Waals surface area (Å²) in [5, 5.41) is 2.79. The van der Waals surface area contributed by atoms with Gasteiger partial charge in [0.2, 0.25) is 11.9 Å². The van der Waals surface area contributed by atoms with E-state index in [1.54, 1.807) is 0 Å². The van der Waals surface area contributed by atoms with Crippen LogP contribution in [0.15, 0.2) is 16.1 Å². The second-order valence-electron chi connectivity index (χ2n) is 4.55. The molecule has 7 nitrogen and oxygen atoms in total. The van der Waals surface area contributed by atoms with Gasteiger partial charge in [0.05, 0.1) is 5.69 Å². The first-order valence-corrected chi connectivity index (χ1v) is 6.04. The van der Waals surface area contributed by atoms with Crippen LogP contribution in [0.25, 0.3) is 0 Å². The predicted molar refractivity (Wildman–Crippen MR) is 82.0 cm³/mol. The van der Waals surface area contributed by atoms with Crippen LogP contribution < -0.4 is 22.5 Å². The SMILES string of the molecule is CC(=O)Nc1c(C)cc(C)c(N=C(N)N=C(N)N)c1C. The van der Waals surface area contributed by atoms with E-state index < -0.39 is 0 Å². The second kappa shape index (κ2) is 6.05. The highest BCUT2D eigenvalue weighted by Gasteiger charge is 2.12. The molecule has 1 aromatic carbocycles. The molecule has 0 atom stereocenters. The fraction of sp³-hybridized carbons (Fsp3) is 0.308. The van der Waals surface area contributed by atoms with Crippen molar-refractivity contribution in [2.45, 2.75) is 27.7 Å². The molecule has 108 valence electrons. The second-order valence-corrected chi connectivity index (χ2v) is 4.55. The molecule has 20 heavy (non-hydrogen) atoms. The monoisotopic (exact) mass is 276 g/mol. The van der Waals surface area contributed by atoms with Crippen LogP contribution in [0.5, 0.6) is 0 Å². The summed E-state index contributed by atoms with van der Waals surface area (Å²) in [7, 11) is 0. The average Bonchev–Trinajstić information content (AvgIpc) is 2.29. The van der Waals surface area contributed by atoms with E-state index in [1.807, 2.05) is 26.8 Å². The molecule has 7 heteroatoms. The van der Waals surface area contributed by atoms with Crippen molar-refractivity contribution in [3.63, 3.8) is 0 Å². The topological polar surface area (TPSA) is 132 Å². The molecule has 0 aliphatic carbocycles. The van der Waals surface area contributed by atoms with Crippen LogP contribution in [-0.4, -0.2) is 17.8 Å². The quantitative estimate of drug-likeness (QED) is 0.469. The van der Waals surface area contributed by atoms with Crippen molar-refractivity contribution >= 4 is 29.2 Å². The number of anilines is 1.